The van der Waals surface area contributed by atoms with Crippen molar-refractivity contribution in [1.29, 1.82) is 0 Å². The van der Waals surface area contributed by atoms with Crippen molar-refractivity contribution >= 4 is 5.97 Å². The van der Waals surface area contributed by atoms with Gasteiger partial charge >= 0.3 is 12.1 Å². The van der Waals surface area contributed by atoms with Crippen LogP contribution in [0, 0.1) is 0 Å². The first kappa shape index (κ1) is 22.2. The zero-order valence-corrected chi connectivity index (χ0v) is 16.6. The molecule has 0 aliphatic rings. The van der Waals surface area contributed by atoms with Gasteiger partial charge in [0.1, 0.15) is 17.2 Å². The summed E-state index contributed by atoms with van der Waals surface area (Å²) in [7, 11) is 0. The summed E-state index contributed by atoms with van der Waals surface area (Å²) in [5.41, 5.74) is 0.799. The molecule has 0 saturated carbocycles. The molecule has 0 heterocycles. The molecule has 1 N–H and O–H groups in total. The van der Waals surface area contributed by atoms with Crippen LogP contribution in [0.5, 0.6) is 17.2 Å². The minimum Gasteiger partial charge on any atom is -0.493 e. The Labute approximate surface area is 177 Å². The summed E-state index contributed by atoms with van der Waals surface area (Å²) in [4.78, 5) is 10.9. The molecule has 0 amide bonds. The van der Waals surface area contributed by atoms with Crippen LogP contribution in [-0.2, 0) is 23.8 Å². The number of aliphatic carboxylic acids is 1. The zero-order chi connectivity index (χ0) is 22.3. The fraction of sp³-hybridized carbons (Fsp3) is 0.208. The second-order valence-electron chi connectivity index (χ2n) is 6.94. The van der Waals surface area contributed by atoms with Gasteiger partial charge in [0.2, 0.25) is 0 Å². The number of rotatable bonds is 9. The van der Waals surface area contributed by atoms with Gasteiger partial charge in [-0.3, -0.25) is 4.79 Å². The Morgan fingerprint density at radius 1 is 0.839 bits per heavy atom. The third kappa shape index (κ3) is 7.06. The summed E-state index contributed by atoms with van der Waals surface area (Å²) in [5, 5.41) is 8.90. The van der Waals surface area contributed by atoms with E-state index < -0.39 is 17.7 Å². The van der Waals surface area contributed by atoms with E-state index >= 15 is 0 Å². The van der Waals surface area contributed by atoms with Gasteiger partial charge < -0.3 is 14.6 Å². The lowest BCUT2D eigenvalue weighted by atomic mass is 10.1. The Balaban J connectivity index is 1.50. The lowest BCUT2D eigenvalue weighted by Gasteiger charge is -2.10. The van der Waals surface area contributed by atoms with Gasteiger partial charge in [-0.25, -0.2) is 0 Å². The van der Waals surface area contributed by atoms with E-state index in [1.54, 1.807) is 48.5 Å². The lowest BCUT2D eigenvalue weighted by Crippen LogP contribution is -2.05. The van der Waals surface area contributed by atoms with Crippen LogP contribution in [0.2, 0.25) is 0 Å². The molecule has 7 heteroatoms. The van der Waals surface area contributed by atoms with Gasteiger partial charge in [0.05, 0.1) is 18.6 Å². The van der Waals surface area contributed by atoms with E-state index in [2.05, 4.69) is 0 Å². The number of hydrogen-bond donors (Lipinski definition) is 1. The fourth-order valence-electron chi connectivity index (χ4n) is 2.98. The van der Waals surface area contributed by atoms with Crippen LogP contribution < -0.4 is 9.47 Å². The minimum absolute atomic E-state index is 0.0840. The number of carbonyl (C=O) groups is 1. The van der Waals surface area contributed by atoms with E-state index in [-0.39, 0.29) is 6.42 Å². The number of hydrogen-bond acceptors (Lipinski definition) is 3. The largest absolute Gasteiger partial charge is 0.493 e. The van der Waals surface area contributed by atoms with Gasteiger partial charge in [-0.2, -0.15) is 13.2 Å². The molecule has 3 rings (SSSR count). The van der Waals surface area contributed by atoms with Crippen LogP contribution in [0.4, 0.5) is 13.2 Å². The lowest BCUT2D eigenvalue weighted by molar-refractivity contribution is -0.138. The molecular weight excluding hydrogens is 409 g/mol. The average molecular weight is 430 g/mol. The average Bonchev–Trinajstić information content (AvgIpc) is 2.71. The second kappa shape index (κ2) is 10.0. The van der Waals surface area contributed by atoms with Crippen molar-refractivity contribution in [3.05, 3.63) is 89.5 Å². The molecule has 0 aliphatic heterocycles. The van der Waals surface area contributed by atoms with E-state index in [9.17, 15) is 18.0 Å². The Morgan fingerprint density at radius 3 is 2.16 bits per heavy atom. The molecule has 162 valence electrons. The highest BCUT2D eigenvalue weighted by Gasteiger charge is 2.29. The van der Waals surface area contributed by atoms with Gasteiger partial charge in [0.15, 0.2) is 0 Å². The summed E-state index contributed by atoms with van der Waals surface area (Å²) < 4.78 is 49.3. The third-order valence-electron chi connectivity index (χ3n) is 4.45. The maximum absolute atomic E-state index is 12.6. The summed E-state index contributed by atoms with van der Waals surface area (Å²) in [6.07, 6.45) is -3.16. The monoisotopic (exact) mass is 430 g/mol. The van der Waals surface area contributed by atoms with Gasteiger partial charge in [-0.15, -0.1) is 0 Å². The van der Waals surface area contributed by atoms with E-state index in [0.717, 1.165) is 17.7 Å². The topological polar surface area (TPSA) is 55.8 Å². The van der Waals surface area contributed by atoms with Crippen molar-refractivity contribution in [2.75, 3.05) is 6.61 Å². The number of ether oxygens (including phenoxy) is 2. The Morgan fingerprint density at radius 2 is 1.48 bits per heavy atom. The third-order valence-corrected chi connectivity index (χ3v) is 4.45. The molecule has 0 unspecified atom stereocenters. The number of alkyl halides is 3. The summed E-state index contributed by atoms with van der Waals surface area (Å²) in [6, 6.07) is 19.0. The number of carboxylic acid groups (broad SMARTS) is 1. The van der Waals surface area contributed by atoms with Crippen LogP contribution in [-0.4, -0.2) is 17.7 Å². The SMILES string of the molecule is O=C(O)Cc1cccc(Oc2cccc(OCCCc3ccc(C(F)(F)F)cc3)c2)c1. The number of aryl methyl sites for hydroxylation is 1. The van der Waals surface area contributed by atoms with Crippen molar-refractivity contribution < 1.29 is 32.5 Å². The van der Waals surface area contributed by atoms with E-state index in [0.29, 0.717) is 42.3 Å². The normalized spacial score (nSPS) is 11.2. The molecule has 0 aliphatic carbocycles. The summed E-state index contributed by atoms with van der Waals surface area (Å²) in [6.45, 7) is 0.401. The van der Waals surface area contributed by atoms with Gasteiger partial charge in [-0.1, -0.05) is 30.3 Å². The molecule has 3 aromatic carbocycles. The molecule has 3 aromatic rings. The minimum atomic E-state index is -4.33. The first-order valence-corrected chi connectivity index (χ1v) is 9.67. The van der Waals surface area contributed by atoms with Crippen LogP contribution in [0.15, 0.2) is 72.8 Å². The van der Waals surface area contributed by atoms with Crippen molar-refractivity contribution in [3.8, 4) is 17.2 Å². The van der Waals surface area contributed by atoms with Crippen molar-refractivity contribution in [2.45, 2.75) is 25.4 Å². The molecule has 0 fully saturated rings. The Hall–Kier alpha value is -3.48. The highest BCUT2D eigenvalue weighted by Crippen LogP contribution is 2.29. The number of halogens is 3. The highest BCUT2D eigenvalue weighted by molar-refractivity contribution is 5.70. The van der Waals surface area contributed by atoms with E-state index in [4.69, 9.17) is 14.6 Å². The summed E-state index contributed by atoms with van der Waals surface area (Å²) >= 11 is 0. The van der Waals surface area contributed by atoms with Crippen LogP contribution in [0.25, 0.3) is 0 Å². The maximum Gasteiger partial charge on any atom is 0.416 e. The number of carboxylic acids is 1. The quantitative estimate of drug-likeness (QED) is 0.415. The van der Waals surface area contributed by atoms with Crippen molar-refractivity contribution in [2.24, 2.45) is 0 Å². The summed E-state index contributed by atoms with van der Waals surface area (Å²) in [5.74, 6) is 0.765. The fourth-order valence-corrected chi connectivity index (χ4v) is 2.98. The van der Waals surface area contributed by atoms with Crippen LogP contribution in [0.3, 0.4) is 0 Å². The van der Waals surface area contributed by atoms with Crippen LogP contribution in [0.1, 0.15) is 23.1 Å². The highest BCUT2D eigenvalue weighted by atomic mass is 19.4. The smallest absolute Gasteiger partial charge is 0.416 e. The molecule has 0 radical (unpaired) electrons. The second-order valence-corrected chi connectivity index (χ2v) is 6.94. The number of benzene rings is 3. The molecule has 0 bridgehead atoms. The Bertz CT molecular complexity index is 1010. The molecule has 0 spiro atoms. The van der Waals surface area contributed by atoms with Gasteiger partial charge in [0.25, 0.3) is 0 Å². The van der Waals surface area contributed by atoms with Crippen molar-refractivity contribution in [3.63, 3.8) is 0 Å². The standard InChI is InChI=1S/C24H21F3O4/c25-24(26,27)19-11-9-17(10-12-19)5-3-13-30-20-6-2-8-22(16-20)31-21-7-1-4-18(14-21)15-23(28)29/h1-2,4,6-12,14,16H,3,5,13,15H2,(H,28,29). The molecule has 0 saturated heterocycles. The molecular formula is C24H21F3O4. The predicted octanol–water partition coefficient (Wildman–Crippen LogP) is 6.14. The molecule has 4 nitrogen and oxygen atoms in total. The van der Waals surface area contributed by atoms with Gasteiger partial charge in [-0.05, 0) is 60.4 Å². The Kier molecular flexibility index (Phi) is 7.18. The van der Waals surface area contributed by atoms with Gasteiger partial charge in [0, 0.05) is 6.07 Å². The predicted molar refractivity (Wildman–Crippen MR) is 110 cm³/mol. The van der Waals surface area contributed by atoms with Crippen molar-refractivity contribution in [1.82, 2.24) is 0 Å². The molecule has 0 aromatic heterocycles. The first-order chi connectivity index (χ1) is 14.8. The molecule has 31 heavy (non-hydrogen) atoms. The maximum atomic E-state index is 12.6. The first-order valence-electron chi connectivity index (χ1n) is 9.67. The van der Waals surface area contributed by atoms with Crippen LogP contribution >= 0.6 is 0 Å². The van der Waals surface area contributed by atoms with E-state index in [1.165, 1.54) is 12.1 Å². The van der Waals surface area contributed by atoms with E-state index in [1.807, 2.05) is 0 Å². The molecule has 0 atom stereocenters. The zero-order valence-electron chi connectivity index (χ0n) is 16.6.